The van der Waals surface area contributed by atoms with Crippen LogP contribution in [0.25, 0.3) is 17.2 Å². The van der Waals surface area contributed by atoms with Crippen molar-refractivity contribution in [1.29, 1.82) is 0 Å². The molecule has 3 rings (SSSR count). The highest BCUT2D eigenvalue weighted by atomic mass is 16.6. The number of rotatable bonds is 11. The van der Waals surface area contributed by atoms with Crippen molar-refractivity contribution < 1.29 is 42.9 Å². The van der Waals surface area contributed by atoms with Crippen molar-refractivity contribution in [2.75, 3.05) is 7.11 Å². The van der Waals surface area contributed by atoms with Crippen molar-refractivity contribution >= 4 is 30.0 Å². The van der Waals surface area contributed by atoms with E-state index < -0.39 is 23.9 Å². The van der Waals surface area contributed by atoms with Gasteiger partial charge in [0.15, 0.2) is 11.5 Å². The van der Waals surface area contributed by atoms with Crippen LogP contribution >= 0.6 is 0 Å². The van der Waals surface area contributed by atoms with E-state index in [0.29, 0.717) is 11.1 Å². The molecule has 44 heavy (non-hydrogen) atoms. The molecular formula is C35H26O9. The minimum Gasteiger partial charge on any atom is -0.492 e. The van der Waals surface area contributed by atoms with Crippen molar-refractivity contribution in [1.82, 2.24) is 0 Å². The van der Waals surface area contributed by atoms with Crippen LogP contribution in [0, 0.1) is 11.8 Å². The van der Waals surface area contributed by atoms with Crippen molar-refractivity contribution in [3.63, 3.8) is 0 Å². The van der Waals surface area contributed by atoms with Gasteiger partial charge in [0.1, 0.15) is 11.5 Å². The summed E-state index contributed by atoms with van der Waals surface area (Å²) in [4.78, 5) is 47.4. The Morgan fingerprint density at radius 1 is 0.682 bits per heavy atom. The summed E-state index contributed by atoms with van der Waals surface area (Å²) in [6.45, 7) is 13.6. The molecule has 3 aromatic carbocycles. The van der Waals surface area contributed by atoms with Gasteiger partial charge in [-0.3, -0.25) is 0 Å². The molecule has 0 saturated carbocycles. The minimum absolute atomic E-state index is 0.0276. The van der Waals surface area contributed by atoms with Crippen LogP contribution in [0.3, 0.4) is 0 Å². The molecule has 0 amide bonds. The third-order valence-corrected chi connectivity index (χ3v) is 5.54. The van der Waals surface area contributed by atoms with Crippen molar-refractivity contribution in [2.45, 2.75) is 0 Å². The zero-order valence-electron chi connectivity index (χ0n) is 23.7. The minimum atomic E-state index is -0.784. The first-order chi connectivity index (χ1) is 21.2. The van der Waals surface area contributed by atoms with E-state index in [2.05, 4.69) is 38.2 Å². The summed E-state index contributed by atoms with van der Waals surface area (Å²) in [5.74, 6) is 3.40. The summed E-state index contributed by atoms with van der Waals surface area (Å²) in [5.41, 5.74) is 2.19. The fourth-order valence-corrected chi connectivity index (χ4v) is 3.54. The van der Waals surface area contributed by atoms with Crippen LogP contribution in [0.1, 0.15) is 16.7 Å². The van der Waals surface area contributed by atoms with Crippen LogP contribution in [0.5, 0.6) is 23.0 Å². The zero-order valence-corrected chi connectivity index (χ0v) is 23.7. The predicted molar refractivity (Wildman–Crippen MR) is 164 cm³/mol. The molecule has 0 aliphatic rings. The molecule has 0 fully saturated rings. The second-order valence-corrected chi connectivity index (χ2v) is 8.38. The van der Waals surface area contributed by atoms with E-state index in [-0.39, 0.29) is 34.1 Å². The Morgan fingerprint density at radius 3 is 1.86 bits per heavy atom. The van der Waals surface area contributed by atoms with Crippen LogP contribution < -0.4 is 18.9 Å². The molecule has 9 heteroatoms. The Hall–Kier alpha value is -6.40. The molecule has 0 saturated heterocycles. The van der Waals surface area contributed by atoms with E-state index >= 15 is 0 Å². The van der Waals surface area contributed by atoms with Crippen molar-refractivity contribution in [3.8, 4) is 46.0 Å². The van der Waals surface area contributed by atoms with Crippen LogP contribution in [0.4, 0.5) is 0 Å². The lowest BCUT2D eigenvalue weighted by Gasteiger charge is -2.18. The van der Waals surface area contributed by atoms with Gasteiger partial charge in [0, 0.05) is 35.9 Å². The van der Waals surface area contributed by atoms with E-state index in [1.54, 1.807) is 42.5 Å². The molecule has 0 radical (unpaired) electrons. The smallest absolute Gasteiger partial charge is 0.335 e. The van der Waals surface area contributed by atoms with Gasteiger partial charge in [-0.25, -0.2) is 19.2 Å². The highest BCUT2D eigenvalue weighted by Gasteiger charge is 2.25. The number of methoxy groups -OCH3 is 1. The Morgan fingerprint density at radius 2 is 1.27 bits per heavy atom. The van der Waals surface area contributed by atoms with Crippen LogP contribution in [0.2, 0.25) is 0 Å². The number of hydrogen-bond acceptors (Lipinski definition) is 9. The molecule has 220 valence electrons. The van der Waals surface area contributed by atoms with Gasteiger partial charge < -0.3 is 23.7 Å². The molecule has 0 aliphatic heterocycles. The van der Waals surface area contributed by atoms with E-state index in [0.717, 1.165) is 29.9 Å². The standard InChI is InChI=1S/C35H26O9/c1-6-29(36)41-21-20-24-12-10-23(11-13-24)14-15-26-22-28(43-31(38)8-3)33(35(40-5)34(26)44-32(39)9-4)25-16-18-27(19-17-25)42-30(37)7-2/h6-13,16-22H,1-4H2,5H3. The molecule has 0 aliphatic carbocycles. The normalized spacial score (nSPS) is 9.93. The first kappa shape index (κ1) is 32.1. The molecule has 0 spiro atoms. The molecule has 9 nitrogen and oxygen atoms in total. The zero-order chi connectivity index (χ0) is 32.1. The predicted octanol–water partition coefficient (Wildman–Crippen LogP) is 5.74. The van der Waals surface area contributed by atoms with Crippen molar-refractivity contribution in [2.24, 2.45) is 0 Å². The highest BCUT2D eigenvalue weighted by molar-refractivity contribution is 5.91. The van der Waals surface area contributed by atoms with Crippen molar-refractivity contribution in [3.05, 3.63) is 128 Å². The number of hydrogen-bond donors (Lipinski definition) is 0. The van der Waals surface area contributed by atoms with Gasteiger partial charge in [0.2, 0.25) is 0 Å². The lowest BCUT2D eigenvalue weighted by Crippen LogP contribution is -2.10. The maximum absolute atomic E-state index is 12.4. The first-order valence-corrected chi connectivity index (χ1v) is 12.7. The summed E-state index contributed by atoms with van der Waals surface area (Å²) in [7, 11) is 1.35. The Balaban J connectivity index is 2.15. The Labute approximate surface area is 254 Å². The fourth-order valence-electron chi connectivity index (χ4n) is 3.54. The summed E-state index contributed by atoms with van der Waals surface area (Å²) in [6, 6.07) is 14.6. The first-order valence-electron chi connectivity index (χ1n) is 12.7. The number of esters is 4. The molecule has 0 N–H and O–H groups in total. The van der Waals surface area contributed by atoms with Gasteiger partial charge in [0.25, 0.3) is 0 Å². The largest absolute Gasteiger partial charge is 0.492 e. The SMILES string of the molecule is C=CC(=O)OC=Cc1ccc(C#Cc2cc(OC(=O)C=C)c(-c3ccc(OC(=O)C=C)cc3)c(OC)c2OC(=O)C=C)cc1. The third kappa shape index (κ3) is 8.55. The quantitative estimate of drug-likeness (QED) is 0.0907. The molecule has 3 aromatic rings. The number of carbonyl (C=O) groups is 4. The third-order valence-electron chi connectivity index (χ3n) is 5.54. The Bertz CT molecular complexity index is 1710. The number of carbonyl (C=O) groups excluding carboxylic acids is 4. The lowest BCUT2D eigenvalue weighted by atomic mass is 9.99. The summed E-state index contributed by atoms with van der Waals surface area (Å²) >= 11 is 0. The van der Waals surface area contributed by atoms with E-state index in [1.165, 1.54) is 31.6 Å². The molecule has 0 bridgehead atoms. The second-order valence-electron chi connectivity index (χ2n) is 8.38. The molecular weight excluding hydrogens is 564 g/mol. The average Bonchev–Trinajstić information content (AvgIpc) is 3.04. The Kier molecular flexibility index (Phi) is 11.4. The maximum Gasteiger partial charge on any atom is 0.335 e. The molecule has 0 atom stereocenters. The summed E-state index contributed by atoms with van der Waals surface area (Å²) in [6.07, 6.45) is 6.87. The second kappa shape index (κ2) is 15.6. The topological polar surface area (TPSA) is 114 Å². The average molecular weight is 591 g/mol. The maximum atomic E-state index is 12.4. The molecule has 0 unspecified atom stereocenters. The number of benzene rings is 3. The van der Waals surface area contributed by atoms with Gasteiger partial charge in [-0.1, -0.05) is 62.4 Å². The van der Waals surface area contributed by atoms with E-state index in [4.69, 9.17) is 23.7 Å². The highest BCUT2D eigenvalue weighted by Crippen LogP contribution is 2.47. The fraction of sp³-hybridized carbons (Fsp3) is 0.0286. The van der Waals surface area contributed by atoms with Gasteiger partial charge in [0.05, 0.1) is 24.5 Å². The molecule has 0 aromatic heterocycles. The van der Waals surface area contributed by atoms with Gasteiger partial charge >= 0.3 is 23.9 Å². The lowest BCUT2D eigenvalue weighted by molar-refractivity contribution is -0.132. The van der Waals surface area contributed by atoms with Gasteiger partial charge in [-0.15, -0.1) is 0 Å². The summed E-state index contributed by atoms with van der Waals surface area (Å²) < 4.78 is 26.7. The monoisotopic (exact) mass is 590 g/mol. The molecule has 0 heterocycles. The van der Waals surface area contributed by atoms with Crippen LogP contribution in [-0.2, 0) is 23.9 Å². The summed E-state index contributed by atoms with van der Waals surface area (Å²) in [5, 5.41) is 0. The van der Waals surface area contributed by atoms with Gasteiger partial charge in [-0.2, -0.15) is 0 Å². The van der Waals surface area contributed by atoms with Crippen LogP contribution in [-0.4, -0.2) is 31.0 Å². The van der Waals surface area contributed by atoms with Gasteiger partial charge in [-0.05, 0) is 41.5 Å². The van der Waals surface area contributed by atoms with E-state index in [1.807, 2.05) is 0 Å². The van der Waals surface area contributed by atoms with Crippen LogP contribution in [0.15, 0.2) is 111 Å². The van der Waals surface area contributed by atoms with E-state index in [9.17, 15) is 19.2 Å². The number of ether oxygens (including phenoxy) is 5.